The maximum absolute atomic E-state index is 12.1. The molecule has 1 amide bonds. The van der Waals surface area contributed by atoms with E-state index in [-0.39, 0.29) is 5.95 Å². The van der Waals surface area contributed by atoms with E-state index in [1.165, 1.54) is 21.8 Å². The van der Waals surface area contributed by atoms with Crippen molar-refractivity contribution in [3.8, 4) is 5.95 Å². The number of aliphatic hydroxyl groups excluding tert-OH is 2. The molecule has 0 spiro atoms. The van der Waals surface area contributed by atoms with Crippen LogP contribution in [0.15, 0.2) is 18.7 Å². The van der Waals surface area contributed by atoms with Gasteiger partial charge in [-0.05, 0) is 6.92 Å². The number of rotatable bonds is 5. The van der Waals surface area contributed by atoms with Crippen molar-refractivity contribution in [2.45, 2.75) is 31.5 Å². The summed E-state index contributed by atoms with van der Waals surface area (Å²) in [5, 5.41) is 33.9. The predicted octanol–water partition coefficient (Wildman–Crippen LogP) is -1.80. The lowest BCUT2D eigenvalue weighted by Gasteiger charge is -2.16. The number of nitrogens with zero attached hydrogens (tertiary/aromatic N) is 7. The number of hydrogen-bond donors (Lipinski definition) is 4. The summed E-state index contributed by atoms with van der Waals surface area (Å²) in [6.45, 7) is 2.12. The second-order valence-corrected chi connectivity index (χ2v) is 6.12. The van der Waals surface area contributed by atoms with Crippen LogP contribution >= 0.6 is 0 Å². The van der Waals surface area contributed by atoms with Gasteiger partial charge >= 0.3 is 0 Å². The van der Waals surface area contributed by atoms with Crippen molar-refractivity contribution in [1.29, 1.82) is 0 Å². The Morgan fingerprint density at radius 1 is 1.32 bits per heavy atom. The van der Waals surface area contributed by atoms with Crippen molar-refractivity contribution in [2.75, 3.05) is 18.9 Å². The SMILES string of the molecule is CCNC(=O)[C@H]1O[C@@H](n2cnc3c(NC)nc(-n4ccnn4)nc32)[C@H](O)[C@@H]1O. The van der Waals surface area contributed by atoms with Crippen LogP contribution in [-0.4, -0.2) is 82.5 Å². The molecule has 3 aromatic heterocycles. The number of fused-ring (bicyclic) bond motifs is 1. The third-order valence-electron chi connectivity index (χ3n) is 4.40. The van der Waals surface area contributed by atoms with Gasteiger partial charge in [0, 0.05) is 13.6 Å². The molecule has 1 fully saturated rings. The van der Waals surface area contributed by atoms with Gasteiger partial charge in [-0.3, -0.25) is 9.36 Å². The van der Waals surface area contributed by atoms with Crippen LogP contribution in [0.5, 0.6) is 0 Å². The number of carbonyl (C=O) groups is 1. The summed E-state index contributed by atoms with van der Waals surface area (Å²) in [5.74, 6) is 0.154. The van der Waals surface area contributed by atoms with E-state index in [1.807, 2.05) is 0 Å². The molecule has 13 nitrogen and oxygen atoms in total. The Balaban J connectivity index is 1.77. The van der Waals surface area contributed by atoms with Gasteiger partial charge in [-0.25, -0.2) is 4.98 Å². The van der Waals surface area contributed by atoms with E-state index >= 15 is 0 Å². The maximum Gasteiger partial charge on any atom is 0.256 e. The van der Waals surface area contributed by atoms with Crippen LogP contribution in [0.2, 0.25) is 0 Å². The Morgan fingerprint density at radius 3 is 2.82 bits per heavy atom. The Morgan fingerprint density at radius 2 is 2.14 bits per heavy atom. The smallest absolute Gasteiger partial charge is 0.256 e. The summed E-state index contributed by atoms with van der Waals surface area (Å²) in [7, 11) is 1.68. The summed E-state index contributed by atoms with van der Waals surface area (Å²) in [6, 6.07) is 0. The van der Waals surface area contributed by atoms with Crippen LogP contribution in [0, 0.1) is 0 Å². The normalized spacial score (nSPS) is 24.6. The van der Waals surface area contributed by atoms with Crippen LogP contribution < -0.4 is 10.6 Å². The van der Waals surface area contributed by atoms with Crippen LogP contribution in [-0.2, 0) is 9.53 Å². The van der Waals surface area contributed by atoms with E-state index in [4.69, 9.17) is 4.74 Å². The summed E-state index contributed by atoms with van der Waals surface area (Å²) in [6.07, 6.45) is -0.541. The number of likely N-dealkylation sites (N-methyl/N-ethyl adjacent to an activating group) is 1. The molecular formula is C15H19N9O4. The number of amides is 1. The third kappa shape index (κ3) is 2.85. The van der Waals surface area contributed by atoms with E-state index in [1.54, 1.807) is 20.2 Å². The molecule has 0 bridgehead atoms. The molecule has 0 unspecified atom stereocenters. The zero-order chi connectivity index (χ0) is 19.8. The second-order valence-electron chi connectivity index (χ2n) is 6.12. The number of imidazole rings is 1. The Labute approximate surface area is 158 Å². The van der Waals surface area contributed by atoms with Crippen LogP contribution in [0.1, 0.15) is 13.2 Å². The highest BCUT2D eigenvalue weighted by Crippen LogP contribution is 2.32. The summed E-state index contributed by atoms with van der Waals surface area (Å²) < 4.78 is 8.47. The fourth-order valence-electron chi connectivity index (χ4n) is 3.06. The van der Waals surface area contributed by atoms with Crippen LogP contribution in [0.3, 0.4) is 0 Å². The molecule has 4 N–H and O–H groups in total. The fraction of sp³-hybridized carbons (Fsp3) is 0.467. The van der Waals surface area contributed by atoms with Crippen molar-refractivity contribution in [2.24, 2.45) is 0 Å². The fourth-order valence-corrected chi connectivity index (χ4v) is 3.06. The molecule has 1 aliphatic rings. The van der Waals surface area contributed by atoms with Gasteiger partial charge in [-0.15, -0.1) is 5.10 Å². The first-order valence-corrected chi connectivity index (χ1v) is 8.63. The van der Waals surface area contributed by atoms with Crippen molar-refractivity contribution in [1.82, 2.24) is 39.8 Å². The summed E-state index contributed by atoms with van der Waals surface area (Å²) in [5.41, 5.74) is 0.760. The van der Waals surface area contributed by atoms with E-state index < -0.39 is 30.4 Å². The first-order chi connectivity index (χ1) is 13.5. The zero-order valence-corrected chi connectivity index (χ0v) is 15.1. The zero-order valence-electron chi connectivity index (χ0n) is 15.1. The number of hydrogen-bond acceptors (Lipinski definition) is 10. The van der Waals surface area contributed by atoms with E-state index in [0.29, 0.717) is 23.5 Å². The molecule has 28 heavy (non-hydrogen) atoms. The second kappa shape index (κ2) is 7.10. The lowest BCUT2D eigenvalue weighted by atomic mass is 10.1. The Hall–Kier alpha value is -3.16. The Kier molecular flexibility index (Phi) is 4.62. The third-order valence-corrected chi connectivity index (χ3v) is 4.40. The van der Waals surface area contributed by atoms with Crippen molar-refractivity contribution in [3.63, 3.8) is 0 Å². The maximum atomic E-state index is 12.1. The molecule has 0 aromatic carbocycles. The first kappa shape index (κ1) is 18.2. The highest BCUT2D eigenvalue weighted by Gasteiger charge is 2.47. The average Bonchev–Trinajstić information content (AvgIpc) is 3.42. The molecule has 3 aromatic rings. The number of ether oxygens (including phenoxy) is 1. The first-order valence-electron chi connectivity index (χ1n) is 8.63. The number of anilines is 1. The van der Waals surface area contributed by atoms with Gasteiger partial charge in [0.05, 0.1) is 18.7 Å². The predicted molar refractivity (Wildman–Crippen MR) is 94.4 cm³/mol. The molecule has 4 rings (SSSR count). The van der Waals surface area contributed by atoms with Crippen molar-refractivity contribution in [3.05, 3.63) is 18.7 Å². The number of nitrogens with one attached hydrogen (secondary N) is 2. The minimum atomic E-state index is -1.39. The monoisotopic (exact) mass is 389 g/mol. The van der Waals surface area contributed by atoms with Gasteiger partial charge in [-0.2, -0.15) is 14.6 Å². The lowest BCUT2D eigenvalue weighted by Crippen LogP contribution is -2.42. The molecule has 0 saturated carbocycles. The molecule has 4 heterocycles. The van der Waals surface area contributed by atoms with E-state index in [9.17, 15) is 15.0 Å². The Bertz CT molecular complexity index is 989. The largest absolute Gasteiger partial charge is 0.387 e. The van der Waals surface area contributed by atoms with Gasteiger partial charge in [0.25, 0.3) is 11.9 Å². The van der Waals surface area contributed by atoms with Crippen LogP contribution in [0.25, 0.3) is 17.1 Å². The number of carbonyl (C=O) groups excluding carboxylic acids is 1. The topological polar surface area (TPSA) is 165 Å². The summed E-state index contributed by atoms with van der Waals surface area (Å²) >= 11 is 0. The van der Waals surface area contributed by atoms with Gasteiger partial charge in [0.1, 0.15) is 12.2 Å². The van der Waals surface area contributed by atoms with Gasteiger partial charge in [-0.1, -0.05) is 5.21 Å². The van der Waals surface area contributed by atoms with E-state index in [0.717, 1.165) is 0 Å². The van der Waals surface area contributed by atoms with Gasteiger partial charge in [0.2, 0.25) is 0 Å². The highest BCUT2D eigenvalue weighted by atomic mass is 16.6. The molecule has 148 valence electrons. The number of aromatic nitrogens is 7. The van der Waals surface area contributed by atoms with Gasteiger partial charge < -0.3 is 25.6 Å². The highest BCUT2D eigenvalue weighted by molar-refractivity contribution is 5.84. The van der Waals surface area contributed by atoms with Crippen LogP contribution in [0.4, 0.5) is 5.82 Å². The van der Waals surface area contributed by atoms with Gasteiger partial charge in [0.15, 0.2) is 29.3 Å². The summed E-state index contributed by atoms with van der Waals surface area (Å²) in [4.78, 5) is 25.2. The minimum absolute atomic E-state index is 0.226. The molecule has 13 heteroatoms. The molecule has 0 radical (unpaired) electrons. The quantitative estimate of drug-likeness (QED) is 0.391. The minimum Gasteiger partial charge on any atom is -0.387 e. The average molecular weight is 389 g/mol. The standard InChI is InChI=1S/C15H19N9O4/c1-3-17-13(27)10-8(25)9(26)14(28-10)23-6-18-7-11(16-2)20-15(21-12(7)23)24-5-4-19-22-24/h4-6,8-10,14,25-26H,3H2,1-2H3,(H,17,27)(H,16,20,21)/t8-,9+,10-,14+/m0/s1. The van der Waals surface area contributed by atoms with Crippen molar-refractivity contribution >= 4 is 22.9 Å². The molecule has 1 aliphatic heterocycles. The molecular weight excluding hydrogens is 370 g/mol. The van der Waals surface area contributed by atoms with E-state index in [2.05, 4.69) is 35.9 Å². The molecule has 4 atom stereocenters. The lowest BCUT2D eigenvalue weighted by molar-refractivity contribution is -0.137. The molecule has 1 saturated heterocycles. The molecule has 0 aliphatic carbocycles. The van der Waals surface area contributed by atoms with Crippen molar-refractivity contribution < 1.29 is 19.7 Å². The number of aliphatic hydroxyl groups is 2.